The smallest absolute Gasteiger partial charge is 0.107 e. The second-order valence-corrected chi connectivity index (χ2v) is 5.18. The number of methoxy groups -OCH3 is 1. The second-order valence-electron chi connectivity index (χ2n) is 4.75. The Balaban J connectivity index is 2.06. The molecule has 1 aliphatic heterocycles. The number of rotatable bonds is 4. The van der Waals surface area contributed by atoms with Gasteiger partial charge >= 0.3 is 0 Å². The van der Waals surface area contributed by atoms with Gasteiger partial charge in [0.2, 0.25) is 0 Å². The first-order valence-electron chi connectivity index (χ1n) is 6.59. The van der Waals surface area contributed by atoms with E-state index in [9.17, 15) is 0 Å². The molecule has 1 heterocycles. The lowest BCUT2D eigenvalue weighted by Crippen LogP contribution is -2.03. The third-order valence-corrected chi connectivity index (χ3v) is 3.60. The van der Waals surface area contributed by atoms with E-state index in [0.717, 1.165) is 33.0 Å². The van der Waals surface area contributed by atoms with Crippen molar-refractivity contribution >= 4 is 17.3 Å². The maximum Gasteiger partial charge on any atom is 0.107 e. The molecule has 0 radical (unpaired) electrons. The van der Waals surface area contributed by atoms with Crippen LogP contribution in [-0.4, -0.2) is 19.4 Å². The molecule has 0 saturated carbocycles. The normalized spacial score (nSPS) is 13.5. The monoisotopic (exact) mass is 299 g/mol. The molecule has 0 aliphatic carbocycles. The van der Waals surface area contributed by atoms with E-state index in [0.29, 0.717) is 13.2 Å². The van der Waals surface area contributed by atoms with Crippen LogP contribution in [0.5, 0.6) is 0 Å². The maximum atomic E-state index is 5.97. The van der Waals surface area contributed by atoms with E-state index >= 15 is 0 Å². The highest BCUT2D eigenvalue weighted by atomic mass is 35.5. The van der Waals surface area contributed by atoms with E-state index in [4.69, 9.17) is 16.3 Å². The van der Waals surface area contributed by atoms with Crippen LogP contribution in [-0.2, 0) is 11.3 Å². The molecular formula is C16H14ClN3O. The first-order valence-corrected chi connectivity index (χ1v) is 6.97. The Morgan fingerprint density at radius 2 is 1.86 bits per heavy atom. The van der Waals surface area contributed by atoms with E-state index in [1.807, 2.05) is 30.3 Å². The van der Waals surface area contributed by atoms with Gasteiger partial charge in [0, 0.05) is 17.7 Å². The number of hydrogen-bond acceptors (Lipinski definition) is 4. The molecule has 0 bridgehead atoms. The SMILES string of the molecule is COCc1ccc(C2=NN=NC2)cc1-c1ccc(Cl)cc1. The van der Waals surface area contributed by atoms with Crippen molar-refractivity contribution in [3.63, 3.8) is 0 Å². The van der Waals surface area contributed by atoms with Crippen LogP contribution in [0, 0.1) is 0 Å². The van der Waals surface area contributed by atoms with Crippen molar-refractivity contribution in [2.45, 2.75) is 6.61 Å². The first kappa shape index (κ1) is 13.9. The van der Waals surface area contributed by atoms with Gasteiger partial charge in [-0.3, -0.25) is 0 Å². The summed E-state index contributed by atoms with van der Waals surface area (Å²) in [6.07, 6.45) is 0. The van der Waals surface area contributed by atoms with Gasteiger partial charge in [0.05, 0.1) is 12.3 Å². The molecule has 0 amide bonds. The quantitative estimate of drug-likeness (QED) is 0.829. The van der Waals surface area contributed by atoms with Gasteiger partial charge in [-0.1, -0.05) is 35.9 Å². The van der Waals surface area contributed by atoms with E-state index in [1.54, 1.807) is 7.11 Å². The minimum Gasteiger partial charge on any atom is -0.380 e. The Labute approximate surface area is 128 Å². The van der Waals surface area contributed by atoms with Crippen molar-refractivity contribution in [1.82, 2.24) is 0 Å². The summed E-state index contributed by atoms with van der Waals surface area (Å²) in [4.78, 5) is 0. The van der Waals surface area contributed by atoms with Crippen LogP contribution in [0.15, 0.2) is 57.9 Å². The molecule has 0 saturated heterocycles. The van der Waals surface area contributed by atoms with Crippen molar-refractivity contribution in [2.75, 3.05) is 13.7 Å². The zero-order valence-electron chi connectivity index (χ0n) is 11.6. The van der Waals surface area contributed by atoms with Gasteiger partial charge in [0.25, 0.3) is 0 Å². The van der Waals surface area contributed by atoms with Gasteiger partial charge in [-0.2, -0.15) is 5.11 Å². The predicted octanol–water partition coefficient (Wildman–Crippen LogP) is 4.32. The van der Waals surface area contributed by atoms with Crippen LogP contribution >= 0.6 is 11.6 Å². The van der Waals surface area contributed by atoms with Crippen molar-refractivity contribution in [3.8, 4) is 11.1 Å². The van der Waals surface area contributed by atoms with Crippen LogP contribution < -0.4 is 0 Å². The molecule has 106 valence electrons. The molecule has 0 aromatic heterocycles. The fourth-order valence-corrected chi connectivity index (χ4v) is 2.43. The highest BCUT2D eigenvalue weighted by Crippen LogP contribution is 2.27. The molecule has 21 heavy (non-hydrogen) atoms. The lowest BCUT2D eigenvalue weighted by molar-refractivity contribution is 0.185. The van der Waals surface area contributed by atoms with E-state index < -0.39 is 0 Å². The van der Waals surface area contributed by atoms with Crippen LogP contribution in [0.2, 0.25) is 5.02 Å². The molecule has 0 N–H and O–H groups in total. The van der Waals surface area contributed by atoms with E-state index in [-0.39, 0.29) is 0 Å². The molecule has 1 aliphatic rings. The number of benzene rings is 2. The topological polar surface area (TPSA) is 46.3 Å². The Bertz CT molecular complexity index is 708. The Kier molecular flexibility index (Phi) is 4.08. The van der Waals surface area contributed by atoms with Crippen molar-refractivity contribution in [2.24, 2.45) is 15.4 Å². The van der Waals surface area contributed by atoms with Crippen molar-refractivity contribution in [1.29, 1.82) is 0 Å². The molecule has 2 aromatic carbocycles. The third kappa shape index (κ3) is 3.01. The average molecular weight is 300 g/mol. The summed E-state index contributed by atoms with van der Waals surface area (Å²) in [6.45, 7) is 1.09. The minimum absolute atomic E-state index is 0.531. The fourth-order valence-electron chi connectivity index (χ4n) is 2.30. The molecule has 2 aromatic rings. The van der Waals surface area contributed by atoms with Gasteiger partial charge in [-0.05, 0) is 40.1 Å². The standard InChI is InChI=1S/C16H14ClN3O/c1-21-10-13-3-2-12(16-9-18-20-19-16)8-15(13)11-4-6-14(17)7-5-11/h2-8H,9-10H2,1H3. The fraction of sp³-hybridized carbons (Fsp3) is 0.188. The Morgan fingerprint density at radius 3 is 2.52 bits per heavy atom. The molecule has 0 fully saturated rings. The Morgan fingerprint density at radius 1 is 1.10 bits per heavy atom. The number of nitrogens with zero attached hydrogens (tertiary/aromatic N) is 3. The average Bonchev–Trinajstić information content (AvgIpc) is 3.03. The summed E-state index contributed by atoms with van der Waals surface area (Å²) in [7, 11) is 1.69. The minimum atomic E-state index is 0.531. The first-order chi connectivity index (χ1) is 10.3. The van der Waals surface area contributed by atoms with Crippen LogP contribution in [0.1, 0.15) is 11.1 Å². The largest absolute Gasteiger partial charge is 0.380 e. The zero-order chi connectivity index (χ0) is 14.7. The summed E-state index contributed by atoms with van der Waals surface area (Å²) in [5.74, 6) is 0. The third-order valence-electron chi connectivity index (χ3n) is 3.35. The van der Waals surface area contributed by atoms with Crippen molar-refractivity contribution in [3.05, 3.63) is 58.6 Å². The Hall–Kier alpha value is -2.04. The van der Waals surface area contributed by atoms with Crippen molar-refractivity contribution < 1.29 is 4.74 Å². The molecular weight excluding hydrogens is 286 g/mol. The summed E-state index contributed by atoms with van der Waals surface area (Å²) < 4.78 is 5.29. The number of hydrogen-bond donors (Lipinski definition) is 0. The van der Waals surface area contributed by atoms with Gasteiger partial charge < -0.3 is 4.74 Å². The molecule has 0 atom stereocenters. The summed E-state index contributed by atoms with van der Waals surface area (Å²) in [5, 5.41) is 12.4. The predicted molar refractivity (Wildman–Crippen MR) is 83.9 cm³/mol. The van der Waals surface area contributed by atoms with Gasteiger partial charge in [0.15, 0.2) is 0 Å². The molecule has 4 nitrogen and oxygen atoms in total. The van der Waals surface area contributed by atoms with Gasteiger partial charge in [-0.25, -0.2) is 0 Å². The van der Waals surface area contributed by atoms with E-state index in [1.165, 1.54) is 0 Å². The second kappa shape index (κ2) is 6.16. The van der Waals surface area contributed by atoms with Crippen LogP contribution in [0.25, 0.3) is 11.1 Å². The lowest BCUT2D eigenvalue weighted by atomic mass is 9.96. The highest BCUT2D eigenvalue weighted by Gasteiger charge is 2.12. The zero-order valence-corrected chi connectivity index (χ0v) is 12.3. The summed E-state index contributed by atoms with van der Waals surface area (Å²) in [5.41, 5.74) is 5.25. The molecule has 0 spiro atoms. The molecule has 3 rings (SSSR count). The number of halogens is 1. The van der Waals surface area contributed by atoms with Crippen LogP contribution in [0.3, 0.4) is 0 Å². The highest BCUT2D eigenvalue weighted by molar-refractivity contribution is 6.30. The van der Waals surface area contributed by atoms with Gasteiger partial charge in [-0.15, -0.1) is 5.10 Å². The summed E-state index contributed by atoms with van der Waals surface area (Å²) >= 11 is 5.97. The van der Waals surface area contributed by atoms with Gasteiger partial charge in [0.1, 0.15) is 6.54 Å². The number of ether oxygens (including phenoxy) is 1. The molecule has 5 heteroatoms. The van der Waals surface area contributed by atoms with E-state index in [2.05, 4.69) is 27.6 Å². The summed E-state index contributed by atoms with van der Waals surface area (Å²) in [6, 6.07) is 14.0. The lowest BCUT2D eigenvalue weighted by Gasteiger charge is -2.11. The van der Waals surface area contributed by atoms with Crippen LogP contribution in [0.4, 0.5) is 0 Å². The molecule has 0 unspecified atom stereocenters. The maximum absolute atomic E-state index is 5.97.